The summed E-state index contributed by atoms with van der Waals surface area (Å²) < 4.78 is 6.61. The van der Waals surface area contributed by atoms with Gasteiger partial charge in [-0.3, -0.25) is 4.98 Å². The van der Waals surface area contributed by atoms with Crippen molar-refractivity contribution in [2.24, 2.45) is 0 Å². The van der Waals surface area contributed by atoms with E-state index in [0.29, 0.717) is 19.2 Å². The molecule has 0 amide bonds. The van der Waals surface area contributed by atoms with E-state index in [4.69, 9.17) is 4.74 Å². The summed E-state index contributed by atoms with van der Waals surface area (Å²) in [6.07, 6.45) is 0. The molecule has 0 unspecified atom stereocenters. The number of rotatable bonds is 0. The maximum Gasteiger partial charge on any atom is 0.331 e. The van der Waals surface area contributed by atoms with Gasteiger partial charge in [0.05, 0.1) is 6.54 Å². The molecule has 0 bridgehead atoms. The Balaban J connectivity index is 2.80. The number of H-pyrrole nitrogens is 1. The SMILES string of the molecule is O=c1[nH]c(=S)nc2n1CCO2. The van der Waals surface area contributed by atoms with Crippen LogP contribution in [0.1, 0.15) is 0 Å². The number of nitrogens with zero attached hydrogens (tertiary/aromatic N) is 2. The molecule has 58 valence electrons. The van der Waals surface area contributed by atoms with Crippen LogP contribution in [0, 0.1) is 4.77 Å². The second-order valence-electron chi connectivity index (χ2n) is 2.13. The van der Waals surface area contributed by atoms with Crippen molar-refractivity contribution >= 4 is 12.2 Å². The van der Waals surface area contributed by atoms with Gasteiger partial charge in [0.25, 0.3) is 0 Å². The first-order valence-electron chi connectivity index (χ1n) is 3.11. The Morgan fingerprint density at radius 1 is 1.73 bits per heavy atom. The molecule has 0 aromatic carbocycles. The number of fused-ring (bicyclic) bond motifs is 1. The van der Waals surface area contributed by atoms with Gasteiger partial charge in [-0.05, 0) is 12.2 Å². The lowest BCUT2D eigenvalue weighted by Crippen LogP contribution is -2.21. The van der Waals surface area contributed by atoms with E-state index in [-0.39, 0.29) is 10.5 Å². The predicted octanol–water partition coefficient (Wildman–Crippen LogP) is -0.307. The van der Waals surface area contributed by atoms with Crippen molar-refractivity contribution in [2.75, 3.05) is 6.61 Å². The van der Waals surface area contributed by atoms with Gasteiger partial charge in [0.2, 0.25) is 4.77 Å². The normalized spacial score (nSPS) is 14.2. The van der Waals surface area contributed by atoms with Gasteiger partial charge in [0, 0.05) is 0 Å². The van der Waals surface area contributed by atoms with Crippen molar-refractivity contribution in [3.05, 3.63) is 15.3 Å². The molecule has 0 atom stereocenters. The van der Waals surface area contributed by atoms with Crippen LogP contribution in [0.3, 0.4) is 0 Å². The van der Waals surface area contributed by atoms with Crippen molar-refractivity contribution in [2.45, 2.75) is 6.54 Å². The van der Waals surface area contributed by atoms with E-state index in [1.54, 1.807) is 0 Å². The molecular weight excluding hydrogens is 166 g/mol. The molecule has 6 heteroatoms. The molecule has 0 aliphatic carbocycles. The first-order chi connectivity index (χ1) is 5.27. The lowest BCUT2D eigenvalue weighted by atomic mass is 10.7. The quantitative estimate of drug-likeness (QED) is 0.544. The third-order valence-corrected chi connectivity index (χ3v) is 1.63. The summed E-state index contributed by atoms with van der Waals surface area (Å²) in [5.41, 5.74) is -0.252. The van der Waals surface area contributed by atoms with E-state index in [1.807, 2.05) is 0 Å². The number of aromatic amines is 1. The van der Waals surface area contributed by atoms with Crippen molar-refractivity contribution < 1.29 is 4.74 Å². The van der Waals surface area contributed by atoms with Gasteiger partial charge in [0.15, 0.2) is 0 Å². The highest BCUT2D eigenvalue weighted by molar-refractivity contribution is 7.71. The Morgan fingerprint density at radius 3 is 3.36 bits per heavy atom. The molecule has 2 rings (SSSR count). The fraction of sp³-hybridized carbons (Fsp3) is 0.400. The summed E-state index contributed by atoms with van der Waals surface area (Å²) in [4.78, 5) is 17.3. The number of ether oxygens (including phenoxy) is 1. The lowest BCUT2D eigenvalue weighted by molar-refractivity contribution is 0.343. The van der Waals surface area contributed by atoms with Crippen LogP contribution in [0.5, 0.6) is 6.01 Å². The van der Waals surface area contributed by atoms with Crippen LogP contribution in [-0.2, 0) is 6.54 Å². The highest BCUT2D eigenvalue weighted by Crippen LogP contribution is 2.07. The third-order valence-electron chi connectivity index (χ3n) is 1.43. The number of hydrogen-bond acceptors (Lipinski definition) is 4. The van der Waals surface area contributed by atoms with Gasteiger partial charge in [-0.25, -0.2) is 9.36 Å². The summed E-state index contributed by atoms with van der Waals surface area (Å²) in [6.45, 7) is 1.04. The van der Waals surface area contributed by atoms with E-state index < -0.39 is 0 Å². The van der Waals surface area contributed by atoms with Crippen molar-refractivity contribution in [1.82, 2.24) is 14.5 Å². The van der Waals surface area contributed by atoms with Gasteiger partial charge in [-0.2, -0.15) is 4.98 Å². The minimum Gasteiger partial charge on any atom is -0.463 e. The van der Waals surface area contributed by atoms with Crippen LogP contribution < -0.4 is 10.4 Å². The fourth-order valence-electron chi connectivity index (χ4n) is 0.957. The Labute approximate surface area is 66.7 Å². The Bertz CT molecular complexity index is 393. The molecule has 1 N–H and O–H groups in total. The minimum absolute atomic E-state index is 0.170. The molecule has 1 aliphatic rings. The second-order valence-corrected chi connectivity index (χ2v) is 2.52. The van der Waals surface area contributed by atoms with Crippen LogP contribution in [0.2, 0.25) is 0 Å². The van der Waals surface area contributed by atoms with E-state index in [9.17, 15) is 4.79 Å². The van der Waals surface area contributed by atoms with Crippen LogP contribution in [-0.4, -0.2) is 21.1 Å². The molecule has 1 aromatic heterocycles. The van der Waals surface area contributed by atoms with E-state index in [2.05, 4.69) is 22.2 Å². The van der Waals surface area contributed by atoms with Crippen molar-refractivity contribution in [3.63, 3.8) is 0 Å². The fourth-order valence-corrected chi connectivity index (χ4v) is 1.12. The highest BCUT2D eigenvalue weighted by atomic mass is 32.1. The molecule has 1 aromatic rings. The van der Waals surface area contributed by atoms with Gasteiger partial charge in [0.1, 0.15) is 6.61 Å². The van der Waals surface area contributed by atoms with E-state index in [1.165, 1.54) is 4.57 Å². The number of aromatic nitrogens is 3. The maximum atomic E-state index is 11.1. The van der Waals surface area contributed by atoms with E-state index in [0.717, 1.165) is 0 Å². The average Bonchev–Trinajstić information content (AvgIpc) is 2.34. The van der Waals surface area contributed by atoms with E-state index >= 15 is 0 Å². The molecule has 0 saturated carbocycles. The molecule has 0 radical (unpaired) electrons. The second kappa shape index (κ2) is 2.16. The summed E-state index contributed by atoms with van der Waals surface area (Å²) in [5.74, 6) is 0. The van der Waals surface area contributed by atoms with Gasteiger partial charge in [-0.1, -0.05) is 0 Å². The molecular formula is C5H5N3O2S. The highest BCUT2D eigenvalue weighted by Gasteiger charge is 2.13. The summed E-state index contributed by atoms with van der Waals surface area (Å²) in [6, 6.07) is 0.318. The van der Waals surface area contributed by atoms with Crippen LogP contribution in [0.15, 0.2) is 4.79 Å². The Kier molecular flexibility index (Phi) is 1.28. The third kappa shape index (κ3) is 0.949. The predicted molar refractivity (Wildman–Crippen MR) is 39.2 cm³/mol. The zero-order valence-corrected chi connectivity index (χ0v) is 6.35. The average molecular weight is 171 g/mol. The largest absolute Gasteiger partial charge is 0.463 e. The Morgan fingerprint density at radius 2 is 2.55 bits per heavy atom. The molecule has 0 saturated heterocycles. The van der Waals surface area contributed by atoms with Gasteiger partial charge >= 0.3 is 11.7 Å². The molecule has 1 aliphatic heterocycles. The Hall–Kier alpha value is -1.17. The summed E-state index contributed by atoms with van der Waals surface area (Å²) in [5, 5.41) is 0. The molecule has 0 spiro atoms. The first-order valence-corrected chi connectivity index (χ1v) is 3.52. The minimum atomic E-state index is -0.252. The summed E-state index contributed by atoms with van der Waals surface area (Å²) >= 11 is 4.68. The van der Waals surface area contributed by atoms with Crippen LogP contribution >= 0.6 is 12.2 Å². The standard InChI is InChI=1S/C5H5N3O2S/c9-4-6-3(11)7-5-8(4)1-2-10-5/h1-2H2,(H,6,9,11). The molecule has 2 heterocycles. The summed E-state index contributed by atoms with van der Waals surface area (Å²) in [7, 11) is 0. The first kappa shape index (κ1) is 6.53. The van der Waals surface area contributed by atoms with Crippen molar-refractivity contribution in [1.29, 1.82) is 0 Å². The monoisotopic (exact) mass is 171 g/mol. The number of nitrogens with one attached hydrogen (secondary N) is 1. The van der Waals surface area contributed by atoms with Crippen LogP contribution in [0.4, 0.5) is 0 Å². The molecule has 5 nitrogen and oxygen atoms in total. The number of hydrogen-bond donors (Lipinski definition) is 1. The molecule has 0 fully saturated rings. The van der Waals surface area contributed by atoms with Crippen molar-refractivity contribution in [3.8, 4) is 6.01 Å². The zero-order valence-electron chi connectivity index (χ0n) is 5.53. The molecule has 11 heavy (non-hydrogen) atoms. The lowest BCUT2D eigenvalue weighted by Gasteiger charge is -1.95. The van der Waals surface area contributed by atoms with Gasteiger partial charge < -0.3 is 4.74 Å². The van der Waals surface area contributed by atoms with Gasteiger partial charge in [-0.15, -0.1) is 0 Å². The topological polar surface area (TPSA) is 59.9 Å². The van der Waals surface area contributed by atoms with Crippen LogP contribution in [0.25, 0.3) is 0 Å². The maximum absolute atomic E-state index is 11.1. The smallest absolute Gasteiger partial charge is 0.331 e. The zero-order chi connectivity index (χ0) is 7.84.